The number of nitrogens with one attached hydrogen (secondary N) is 1. The van der Waals surface area contributed by atoms with Crippen molar-refractivity contribution in [1.29, 1.82) is 5.26 Å². The zero-order valence-electron chi connectivity index (χ0n) is 9.27. The van der Waals surface area contributed by atoms with Crippen LogP contribution in [0.5, 0.6) is 0 Å². The van der Waals surface area contributed by atoms with Crippen LogP contribution in [-0.4, -0.2) is 22.2 Å². The third-order valence-electron chi connectivity index (χ3n) is 3.02. The molecule has 0 spiro atoms. The van der Waals surface area contributed by atoms with E-state index < -0.39 is 0 Å². The van der Waals surface area contributed by atoms with Crippen LogP contribution in [-0.2, 0) is 0 Å². The number of aliphatic hydroxyl groups is 1. The number of hydrogen-bond acceptors (Lipinski definition) is 4. The van der Waals surface area contributed by atoms with Crippen LogP contribution in [0.2, 0.25) is 0 Å². The van der Waals surface area contributed by atoms with Crippen molar-refractivity contribution >= 4 is 5.82 Å². The highest BCUT2D eigenvalue weighted by Gasteiger charge is 2.25. The predicted octanol–water partition coefficient (Wildman–Crippen LogP) is 1.59. The number of aryl methyl sites for hydroxylation is 1. The van der Waals surface area contributed by atoms with E-state index in [1.807, 2.05) is 6.92 Å². The average Bonchev–Trinajstić information content (AvgIpc) is 2.65. The van der Waals surface area contributed by atoms with Crippen molar-refractivity contribution in [3.05, 3.63) is 23.4 Å². The molecule has 1 aliphatic rings. The lowest BCUT2D eigenvalue weighted by Gasteiger charge is -2.17. The first-order chi connectivity index (χ1) is 7.70. The first-order valence-electron chi connectivity index (χ1n) is 5.53. The first-order valence-corrected chi connectivity index (χ1v) is 5.53. The van der Waals surface area contributed by atoms with Crippen molar-refractivity contribution in [2.24, 2.45) is 0 Å². The molecule has 0 radical (unpaired) electrons. The quantitative estimate of drug-likeness (QED) is 0.789. The van der Waals surface area contributed by atoms with Crippen molar-refractivity contribution in [2.75, 3.05) is 5.32 Å². The van der Waals surface area contributed by atoms with Crippen LogP contribution in [0.15, 0.2) is 12.1 Å². The number of nitriles is 1. The molecule has 1 fully saturated rings. The second kappa shape index (κ2) is 4.50. The van der Waals surface area contributed by atoms with Gasteiger partial charge in [0.2, 0.25) is 0 Å². The Morgan fingerprint density at radius 3 is 2.88 bits per heavy atom. The fraction of sp³-hybridized carbons (Fsp3) is 0.500. The van der Waals surface area contributed by atoms with Crippen LogP contribution in [0.3, 0.4) is 0 Å². The molecule has 2 N–H and O–H groups in total. The molecule has 0 amide bonds. The third kappa shape index (κ3) is 2.15. The average molecular weight is 217 g/mol. The second-order valence-electron chi connectivity index (χ2n) is 4.19. The van der Waals surface area contributed by atoms with Gasteiger partial charge in [-0.05, 0) is 38.3 Å². The Kier molecular flexibility index (Phi) is 3.07. The number of nitrogens with zero attached hydrogens (tertiary/aromatic N) is 2. The van der Waals surface area contributed by atoms with Crippen molar-refractivity contribution in [2.45, 2.75) is 38.3 Å². The second-order valence-corrected chi connectivity index (χ2v) is 4.19. The molecule has 84 valence electrons. The normalized spacial score (nSPS) is 24.1. The van der Waals surface area contributed by atoms with Crippen molar-refractivity contribution in [3.8, 4) is 6.07 Å². The van der Waals surface area contributed by atoms with E-state index in [9.17, 15) is 5.11 Å². The number of rotatable bonds is 2. The number of aromatic nitrogens is 1. The molecule has 0 bridgehead atoms. The van der Waals surface area contributed by atoms with Crippen LogP contribution in [0.4, 0.5) is 5.82 Å². The molecule has 0 saturated heterocycles. The Hall–Kier alpha value is -1.60. The molecule has 0 aromatic carbocycles. The SMILES string of the molecule is Cc1nc(N[C@@H]2CCC[C@H]2O)ccc1C#N. The largest absolute Gasteiger partial charge is 0.391 e. The smallest absolute Gasteiger partial charge is 0.126 e. The fourth-order valence-corrected chi connectivity index (χ4v) is 2.06. The fourth-order valence-electron chi connectivity index (χ4n) is 2.06. The predicted molar refractivity (Wildman–Crippen MR) is 61.0 cm³/mol. The molecule has 0 unspecified atom stereocenters. The van der Waals surface area contributed by atoms with Gasteiger partial charge in [0.15, 0.2) is 0 Å². The van der Waals surface area contributed by atoms with E-state index in [0.717, 1.165) is 30.8 Å². The van der Waals surface area contributed by atoms with E-state index in [2.05, 4.69) is 16.4 Å². The van der Waals surface area contributed by atoms with Gasteiger partial charge in [-0.3, -0.25) is 0 Å². The summed E-state index contributed by atoms with van der Waals surface area (Å²) >= 11 is 0. The van der Waals surface area contributed by atoms with E-state index in [4.69, 9.17) is 5.26 Å². The minimum Gasteiger partial charge on any atom is -0.391 e. The standard InChI is InChI=1S/C12H15N3O/c1-8-9(7-13)5-6-12(14-8)15-10-3-2-4-11(10)16/h5-6,10-11,16H,2-4H2,1H3,(H,14,15)/t10-,11-/m1/s1. The summed E-state index contributed by atoms with van der Waals surface area (Å²) in [6, 6.07) is 5.73. The Bertz CT molecular complexity index is 425. The topological polar surface area (TPSA) is 68.9 Å². The summed E-state index contributed by atoms with van der Waals surface area (Å²) < 4.78 is 0. The molecule has 2 rings (SSSR count). The molecular formula is C12H15N3O. The van der Waals surface area contributed by atoms with Crippen LogP contribution in [0.1, 0.15) is 30.5 Å². The van der Waals surface area contributed by atoms with Gasteiger partial charge in [-0.2, -0.15) is 5.26 Å². The summed E-state index contributed by atoms with van der Waals surface area (Å²) in [6.45, 7) is 1.81. The highest BCUT2D eigenvalue weighted by atomic mass is 16.3. The number of hydrogen-bond donors (Lipinski definition) is 2. The Morgan fingerprint density at radius 2 is 2.31 bits per heavy atom. The monoisotopic (exact) mass is 217 g/mol. The van der Waals surface area contributed by atoms with Gasteiger partial charge in [0, 0.05) is 0 Å². The van der Waals surface area contributed by atoms with E-state index >= 15 is 0 Å². The lowest BCUT2D eigenvalue weighted by atomic mass is 10.2. The highest BCUT2D eigenvalue weighted by Crippen LogP contribution is 2.22. The van der Waals surface area contributed by atoms with Crippen LogP contribution < -0.4 is 5.32 Å². The molecule has 1 saturated carbocycles. The molecule has 16 heavy (non-hydrogen) atoms. The van der Waals surface area contributed by atoms with Gasteiger partial charge >= 0.3 is 0 Å². The Balaban J connectivity index is 2.11. The summed E-state index contributed by atoms with van der Waals surface area (Å²) in [4.78, 5) is 4.30. The van der Waals surface area contributed by atoms with Crippen LogP contribution >= 0.6 is 0 Å². The summed E-state index contributed by atoms with van der Waals surface area (Å²) in [6.07, 6.45) is 2.60. The number of anilines is 1. The number of pyridine rings is 1. The van der Waals surface area contributed by atoms with Gasteiger partial charge in [-0.25, -0.2) is 4.98 Å². The van der Waals surface area contributed by atoms with Crippen LogP contribution in [0, 0.1) is 18.3 Å². The summed E-state index contributed by atoms with van der Waals surface area (Å²) in [5.74, 6) is 0.738. The summed E-state index contributed by atoms with van der Waals surface area (Å²) in [5, 5.41) is 21.7. The molecule has 1 aromatic heterocycles. The van der Waals surface area contributed by atoms with Gasteiger partial charge in [0.25, 0.3) is 0 Å². The highest BCUT2D eigenvalue weighted by molar-refractivity contribution is 5.43. The van der Waals surface area contributed by atoms with Gasteiger partial charge in [-0.15, -0.1) is 0 Å². The molecule has 2 atom stereocenters. The van der Waals surface area contributed by atoms with E-state index in [1.165, 1.54) is 0 Å². The van der Waals surface area contributed by atoms with E-state index in [-0.39, 0.29) is 12.1 Å². The molecule has 1 heterocycles. The maximum Gasteiger partial charge on any atom is 0.126 e. The van der Waals surface area contributed by atoms with Gasteiger partial charge in [-0.1, -0.05) is 0 Å². The van der Waals surface area contributed by atoms with E-state index in [1.54, 1.807) is 12.1 Å². The lowest BCUT2D eigenvalue weighted by molar-refractivity contribution is 0.171. The molecule has 0 aliphatic heterocycles. The van der Waals surface area contributed by atoms with Crippen molar-refractivity contribution < 1.29 is 5.11 Å². The summed E-state index contributed by atoms with van der Waals surface area (Å²) in [5.41, 5.74) is 1.32. The van der Waals surface area contributed by atoms with Crippen molar-refractivity contribution in [3.63, 3.8) is 0 Å². The number of aliphatic hydroxyl groups excluding tert-OH is 1. The van der Waals surface area contributed by atoms with Crippen LogP contribution in [0.25, 0.3) is 0 Å². The summed E-state index contributed by atoms with van der Waals surface area (Å²) in [7, 11) is 0. The van der Waals surface area contributed by atoms with E-state index in [0.29, 0.717) is 5.56 Å². The molecule has 1 aliphatic carbocycles. The maximum absolute atomic E-state index is 9.68. The third-order valence-corrected chi connectivity index (χ3v) is 3.02. The molecule has 4 nitrogen and oxygen atoms in total. The van der Waals surface area contributed by atoms with Crippen molar-refractivity contribution in [1.82, 2.24) is 4.98 Å². The van der Waals surface area contributed by atoms with Gasteiger partial charge in [0.05, 0.1) is 23.4 Å². The lowest BCUT2D eigenvalue weighted by Crippen LogP contribution is -2.28. The van der Waals surface area contributed by atoms with Gasteiger partial charge < -0.3 is 10.4 Å². The zero-order valence-corrected chi connectivity index (χ0v) is 9.27. The molecule has 4 heteroatoms. The Morgan fingerprint density at radius 1 is 1.50 bits per heavy atom. The first kappa shape index (κ1) is 10.9. The Labute approximate surface area is 94.9 Å². The minimum atomic E-state index is -0.280. The zero-order chi connectivity index (χ0) is 11.5. The maximum atomic E-state index is 9.68. The minimum absolute atomic E-state index is 0.0971. The van der Waals surface area contributed by atoms with Gasteiger partial charge in [0.1, 0.15) is 11.9 Å². The molecular weight excluding hydrogens is 202 g/mol. The molecule has 1 aromatic rings.